The summed E-state index contributed by atoms with van der Waals surface area (Å²) in [5.74, 6) is 0.700. The van der Waals surface area contributed by atoms with Crippen LogP contribution in [-0.2, 0) is 9.59 Å². The number of ether oxygens (including phenoxy) is 3. The molecule has 0 spiro atoms. The molecule has 3 N–H and O–H groups in total. The summed E-state index contributed by atoms with van der Waals surface area (Å²) in [4.78, 5) is 45.9. The SMILES string of the molecule is COc1ccc(/C=C(\NC(=O)c2ccccc2)C(=O)Nc2ccc(SC(C(=O)Nc3nc(-c4ccc(OC)c(OC)c4)cs3)c3ccccc3)cc2)cc1. The van der Waals surface area contributed by atoms with Crippen LogP contribution in [0, 0.1) is 0 Å². The smallest absolute Gasteiger partial charge is 0.272 e. The molecule has 6 aromatic rings. The molecule has 0 radical (unpaired) electrons. The minimum atomic E-state index is -0.604. The van der Waals surface area contributed by atoms with Crippen LogP contribution in [0.1, 0.15) is 26.7 Å². The fraction of sp³-hybridized carbons (Fsp3) is 0.0952. The van der Waals surface area contributed by atoms with Crippen LogP contribution in [0.4, 0.5) is 10.8 Å². The maximum absolute atomic E-state index is 13.8. The van der Waals surface area contributed by atoms with Crippen molar-refractivity contribution in [3.8, 4) is 28.5 Å². The van der Waals surface area contributed by atoms with E-state index in [0.717, 1.165) is 16.0 Å². The molecule has 272 valence electrons. The number of nitrogens with one attached hydrogen (secondary N) is 3. The van der Waals surface area contributed by atoms with Gasteiger partial charge in [-0.15, -0.1) is 23.1 Å². The van der Waals surface area contributed by atoms with E-state index in [4.69, 9.17) is 14.2 Å². The Morgan fingerprint density at radius 3 is 2.09 bits per heavy atom. The third-order valence-electron chi connectivity index (χ3n) is 8.08. The summed E-state index contributed by atoms with van der Waals surface area (Å²) < 4.78 is 16.0. The summed E-state index contributed by atoms with van der Waals surface area (Å²) in [5, 5.41) is 10.4. The molecule has 0 bridgehead atoms. The Bertz CT molecular complexity index is 2240. The maximum Gasteiger partial charge on any atom is 0.272 e. The Labute approximate surface area is 321 Å². The Hall–Kier alpha value is -6.37. The lowest BCUT2D eigenvalue weighted by atomic mass is 10.1. The highest BCUT2D eigenvalue weighted by atomic mass is 32.2. The first-order chi connectivity index (χ1) is 26.3. The summed E-state index contributed by atoms with van der Waals surface area (Å²) in [6.07, 6.45) is 1.60. The van der Waals surface area contributed by atoms with E-state index in [1.54, 1.807) is 88.1 Å². The summed E-state index contributed by atoms with van der Waals surface area (Å²) in [6.45, 7) is 0. The van der Waals surface area contributed by atoms with Crippen molar-refractivity contribution in [1.29, 1.82) is 0 Å². The van der Waals surface area contributed by atoms with Crippen LogP contribution in [-0.4, -0.2) is 44.0 Å². The van der Waals surface area contributed by atoms with Gasteiger partial charge in [-0.1, -0.05) is 60.7 Å². The molecule has 1 heterocycles. The van der Waals surface area contributed by atoms with Crippen LogP contribution in [0.25, 0.3) is 17.3 Å². The lowest BCUT2D eigenvalue weighted by Crippen LogP contribution is -2.30. The van der Waals surface area contributed by atoms with Gasteiger partial charge in [0.05, 0.1) is 27.0 Å². The van der Waals surface area contributed by atoms with Gasteiger partial charge in [0.15, 0.2) is 16.6 Å². The van der Waals surface area contributed by atoms with Gasteiger partial charge in [0.25, 0.3) is 11.8 Å². The first kappa shape index (κ1) is 37.4. The van der Waals surface area contributed by atoms with Gasteiger partial charge in [-0.25, -0.2) is 4.98 Å². The van der Waals surface area contributed by atoms with Crippen molar-refractivity contribution < 1.29 is 28.6 Å². The average molecular weight is 757 g/mol. The monoisotopic (exact) mass is 756 g/mol. The molecule has 10 nitrogen and oxygen atoms in total. The second kappa shape index (κ2) is 17.9. The second-order valence-electron chi connectivity index (χ2n) is 11.6. The predicted octanol–water partition coefficient (Wildman–Crippen LogP) is 8.72. The highest BCUT2D eigenvalue weighted by molar-refractivity contribution is 8.00. The van der Waals surface area contributed by atoms with E-state index >= 15 is 0 Å². The molecule has 1 atom stereocenters. The number of methoxy groups -OCH3 is 3. The number of anilines is 2. The van der Waals surface area contributed by atoms with Crippen molar-refractivity contribution in [2.45, 2.75) is 10.1 Å². The molecule has 1 aromatic heterocycles. The van der Waals surface area contributed by atoms with E-state index in [9.17, 15) is 14.4 Å². The fourth-order valence-corrected chi connectivity index (χ4v) is 7.04. The fourth-order valence-electron chi connectivity index (χ4n) is 5.29. The number of amides is 3. The summed E-state index contributed by atoms with van der Waals surface area (Å²) in [5.41, 5.74) is 4.01. The quantitative estimate of drug-likeness (QED) is 0.0744. The van der Waals surface area contributed by atoms with E-state index in [1.165, 1.54) is 23.1 Å². The van der Waals surface area contributed by atoms with Gasteiger partial charge in [-0.2, -0.15) is 0 Å². The molecule has 1 unspecified atom stereocenters. The number of thioether (sulfide) groups is 1. The van der Waals surface area contributed by atoms with Gasteiger partial charge >= 0.3 is 0 Å². The molecule has 0 fully saturated rings. The van der Waals surface area contributed by atoms with Crippen molar-refractivity contribution in [2.75, 3.05) is 32.0 Å². The molecule has 0 aliphatic rings. The van der Waals surface area contributed by atoms with Crippen molar-refractivity contribution in [1.82, 2.24) is 10.3 Å². The zero-order valence-corrected chi connectivity index (χ0v) is 31.2. The lowest BCUT2D eigenvalue weighted by molar-refractivity contribution is -0.116. The van der Waals surface area contributed by atoms with Crippen LogP contribution in [0.2, 0.25) is 0 Å². The molecule has 5 aromatic carbocycles. The lowest BCUT2D eigenvalue weighted by Gasteiger charge is -2.17. The minimum absolute atomic E-state index is 0.0600. The molecule has 0 aliphatic heterocycles. The maximum atomic E-state index is 13.8. The van der Waals surface area contributed by atoms with Crippen LogP contribution in [0.3, 0.4) is 0 Å². The molecule has 0 aliphatic carbocycles. The zero-order valence-electron chi connectivity index (χ0n) is 29.6. The van der Waals surface area contributed by atoms with Gasteiger partial charge in [0, 0.05) is 27.1 Å². The summed E-state index contributed by atoms with van der Waals surface area (Å²) >= 11 is 2.70. The number of rotatable bonds is 14. The Balaban J connectivity index is 1.17. The molecule has 0 saturated carbocycles. The van der Waals surface area contributed by atoms with Crippen LogP contribution < -0.4 is 30.2 Å². The molecular weight excluding hydrogens is 721 g/mol. The average Bonchev–Trinajstić information content (AvgIpc) is 3.69. The second-order valence-corrected chi connectivity index (χ2v) is 13.7. The molecule has 54 heavy (non-hydrogen) atoms. The Morgan fingerprint density at radius 1 is 0.741 bits per heavy atom. The van der Waals surface area contributed by atoms with Crippen molar-refractivity contribution in [2.24, 2.45) is 0 Å². The number of benzene rings is 5. The van der Waals surface area contributed by atoms with Crippen molar-refractivity contribution in [3.63, 3.8) is 0 Å². The first-order valence-corrected chi connectivity index (χ1v) is 18.4. The van der Waals surface area contributed by atoms with Gasteiger partial charge in [0.1, 0.15) is 16.7 Å². The van der Waals surface area contributed by atoms with E-state index in [1.807, 2.05) is 72.1 Å². The van der Waals surface area contributed by atoms with Crippen molar-refractivity contribution >= 4 is 57.7 Å². The summed E-state index contributed by atoms with van der Waals surface area (Å²) in [7, 11) is 4.73. The zero-order chi connectivity index (χ0) is 37.9. The highest BCUT2D eigenvalue weighted by Gasteiger charge is 2.24. The number of aromatic nitrogens is 1. The van der Waals surface area contributed by atoms with Crippen LogP contribution in [0.15, 0.2) is 143 Å². The third-order valence-corrected chi connectivity index (χ3v) is 10.1. The predicted molar refractivity (Wildman–Crippen MR) is 214 cm³/mol. The number of carbonyl (C=O) groups excluding carboxylic acids is 3. The number of carbonyl (C=O) groups is 3. The largest absolute Gasteiger partial charge is 0.497 e. The Morgan fingerprint density at radius 2 is 1.43 bits per heavy atom. The van der Waals surface area contributed by atoms with E-state index in [-0.39, 0.29) is 11.6 Å². The van der Waals surface area contributed by atoms with Crippen LogP contribution in [0.5, 0.6) is 17.2 Å². The highest BCUT2D eigenvalue weighted by Crippen LogP contribution is 2.38. The number of thiazole rings is 1. The summed E-state index contributed by atoms with van der Waals surface area (Å²) in [6, 6.07) is 38.0. The normalized spacial score (nSPS) is 11.6. The van der Waals surface area contributed by atoms with Gasteiger partial charge in [-0.3, -0.25) is 14.4 Å². The van der Waals surface area contributed by atoms with Gasteiger partial charge < -0.3 is 30.2 Å². The van der Waals surface area contributed by atoms with E-state index < -0.39 is 17.1 Å². The molecule has 0 saturated heterocycles. The van der Waals surface area contributed by atoms with Gasteiger partial charge in [0.2, 0.25) is 5.91 Å². The first-order valence-electron chi connectivity index (χ1n) is 16.7. The topological polar surface area (TPSA) is 128 Å². The molecule has 3 amide bonds. The number of hydrogen-bond donors (Lipinski definition) is 3. The molecule has 6 rings (SSSR count). The standard InChI is InChI=1S/C42H36N4O6S2/c1-50-32-19-14-27(15-20-32)24-34(44-39(47)29-12-8-5-9-13-29)40(48)43-31-17-21-33(22-18-31)54-38(28-10-6-4-7-11-28)41(49)46-42-45-35(26-53-42)30-16-23-36(51-2)37(25-30)52-3/h4-26,38H,1-3H3,(H,43,48)(H,44,47)(H,45,46,49)/b34-24-. The Kier molecular flexibility index (Phi) is 12.4. The van der Waals surface area contributed by atoms with Crippen LogP contribution >= 0.6 is 23.1 Å². The van der Waals surface area contributed by atoms with Crippen molar-refractivity contribution in [3.05, 3.63) is 155 Å². The van der Waals surface area contributed by atoms with E-state index in [0.29, 0.717) is 44.9 Å². The molecular formula is C42H36N4O6S2. The van der Waals surface area contributed by atoms with Gasteiger partial charge in [-0.05, 0) is 83.9 Å². The number of nitrogens with zero attached hydrogens (tertiary/aromatic N) is 1. The number of hydrogen-bond acceptors (Lipinski definition) is 9. The minimum Gasteiger partial charge on any atom is -0.497 e. The molecule has 12 heteroatoms. The van der Waals surface area contributed by atoms with E-state index in [2.05, 4.69) is 20.9 Å². The third kappa shape index (κ3) is 9.54.